The van der Waals surface area contributed by atoms with Crippen LogP contribution in [0.1, 0.15) is 12.8 Å². The lowest BCUT2D eigenvalue weighted by Crippen LogP contribution is -2.50. The molecule has 0 amide bonds. The molecule has 5 heteroatoms. The van der Waals surface area contributed by atoms with Crippen LogP contribution in [-0.4, -0.2) is 48.6 Å². The Morgan fingerprint density at radius 3 is 2.08 bits per heavy atom. The Morgan fingerprint density at radius 2 is 1.69 bits per heavy atom. The molecule has 0 atom stereocenters. The molecule has 0 aliphatic carbocycles. The van der Waals surface area contributed by atoms with Crippen LogP contribution >= 0.6 is 0 Å². The van der Waals surface area contributed by atoms with Gasteiger partial charge in [0.2, 0.25) is 0 Å². The minimum absolute atomic E-state index is 0.0425. The summed E-state index contributed by atoms with van der Waals surface area (Å²) in [5.74, 6) is 0. The molecule has 0 aliphatic rings. The summed E-state index contributed by atoms with van der Waals surface area (Å²) in [5.41, 5.74) is 10.7. The zero-order chi connectivity index (χ0) is 10.2. The van der Waals surface area contributed by atoms with E-state index in [0.29, 0.717) is 32.5 Å². The summed E-state index contributed by atoms with van der Waals surface area (Å²) in [4.78, 5) is 0. The van der Waals surface area contributed by atoms with Gasteiger partial charge >= 0.3 is 0 Å². The first-order chi connectivity index (χ1) is 6.18. The Kier molecular flexibility index (Phi) is 7.12. The summed E-state index contributed by atoms with van der Waals surface area (Å²) in [6.45, 7) is 1.93. The summed E-state index contributed by atoms with van der Waals surface area (Å²) < 4.78 is 0. The van der Waals surface area contributed by atoms with Crippen LogP contribution in [0.2, 0.25) is 0 Å². The lowest BCUT2D eigenvalue weighted by Gasteiger charge is -2.28. The maximum atomic E-state index is 8.77. The van der Waals surface area contributed by atoms with Crippen LogP contribution < -0.4 is 16.8 Å². The Balaban J connectivity index is 3.76. The van der Waals surface area contributed by atoms with Gasteiger partial charge in [-0.1, -0.05) is 0 Å². The maximum Gasteiger partial charge on any atom is 0.0449 e. The van der Waals surface area contributed by atoms with Gasteiger partial charge < -0.3 is 27.0 Å². The largest absolute Gasteiger partial charge is 0.396 e. The van der Waals surface area contributed by atoms with Crippen molar-refractivity contribution in [1.82, 2.24) is 5.32 Å². The standard InChI is InChI=1S/C8H21N3O2/c9-3-4-11-7-8(10,1-5-12)2-6-13/h11-13H,1-7,9-10H2. The van der Waals surface area contributed by atoms with Gasteiger partial charge in [0.05, 0.1) is 0 Å². The van der Waals surface area contributed by atoms with E-state index < -0.39 is 5.54 Å². The molecule has 7 N–H and O–H groups in total. The van der Waals surface area contributed by atoms with Crippen molar-refractivity contribution in [3.63, 3.8) is 0 Å². The van der Waals surface area contributed by atoms with E-state index in [9.17, 15) is 0 Å². The van der Waals surface area contributed by atoms with E-state index in [2.05, 4.69) is 5.32 Å². The number of hydrogen-bond acceptors (Lipinski definition) is 5. The van der Waals surface area contributed by atoms with Crippen molar-refractivity contribution < 1.29 is 10.2 Å². The first-order valence-electron chi connectivity index (χ1n) is 4.60. The predicted molar refractivity (Wildman–Crippen MR) is 52.2 cm³/mol. The van der Waals surface area contributed by atoms with Gasteiger partial charge in [-0.05, 0) is 12.8 Å². The van der Waals surface area contributed by atoms with Crippen LogP contribution in [0, 0.1) is 0 Å². The highest BCUT2D eigenvalue weighted by molar-refractivity contribution is 4.85. The molecule has 0 heterocycles. The fourth-order valence-electron chi connectivity index (χ4n) is 1.19. The van der Waals surface area contributed by atoms with Crippen molar-refractivity contribution in [3.05, 3.63) is 0 Å². The van der Waals surface area contributed by atoms with E-state index in [1.807, 2.05) is 0 Å². The summed E-state index contributed by atoms with van der Waals surface area (Å²) in [6, 6.07) is 0. The van der Waals surface area contributed by atoms with Crippen LogP contribution in [0.4, 0.5) is 0 Å². The summed E-state index contributed by atoms with van der Waals surface area (Å²) in [6.07, 6.45) is 0.982. The number of nitrogens with two attached hydrogens (primary N) is 2. The van der Waals surface area contributed by atoms with Gasteiger partial charge in [0.1, 0.15) is 0 Å². The molecule has 0 saturated carbocycles. The molecule has 5 nitrogen and oxygen atoms in total. The van der Waals surface area contributed by atoms with E-state index >= 15 is 0 Å². The monoisotopic (exact) mass is 191 g/mol. The van der Waals surface area contributed by atoms with Crippen molar-refractivity contribution in [2.75, 3.05) is 32.8 Å². The van der Waals surface area contributed by atoms with Gasteiger partial charge in [-0.15, -0.1) is 0 Å². The van der Waals surface area contributed by atoms with Crippen molar-refractivity contribution >= 4 is 0 Å². The molecule has 80 valence electrons. The van der Waals surface area contributed by atoms with E-state index in [1.165, 1.54) is 0 Å². The van der Waals surface area contributed by atoms with E-state index in [1.54, 1.807) is 0 Å². The molecule has 0 aliphatic heterocycles. The molecule has 0 radical (unpaired) electrons. The minimum Gasteiger partial charge on any atom is -0.396 e. The van der Waals surface area contributed by atoms with Crippen LogP contribution in [0.25, 0.3) is 0 Å². The Morgan fingerprint density at radius 1 is 1.15 bits per heavy atom. The Bertz CT molecular complexity index is 116. The Labute approximate surface area is 79.1 Å². The molecule has 0 fully saturated rings. The average Bonchev–Trinajstić information content (AvgIpc) is 2.05. The molecule has 13 heavy (non-hydrogen) atoms. The smallest absolute Gasteiger partial charge is 0.0449 e. The lowest BCUT2D eigenvalue weighted by molar-refractivity contribution is 0.190. The number of rotatable bonds is 8. The molecule has 0 aromatic carbocycles. The third-order valence-corrected chi connectivity index (χ3v) is 2.02. The highest BCUT2D eigenvalue weighted by Gasteiger charge is 2.22. The highest BCUT2D eigenvalue weighted by Crippen LogP contribution is 2.09. The first kappa shape index (κ1) is 12.8. The third kappa shape index (κ3) is 5.95. The molecular weight excluding hydrogens is 170 g/mol. The lowest BCUT2D eigenvalue weighted by atomic mass is 9.93. The number of nitrogens with one attached hydrogen (secondary N) is 1. The topological polar surface area (TPSA) is 105 Å². The van der Waals surface area contributed by atoms with Crippen LogP contribution in [0.5, 0.6) is 0 Å². The normalized spacial score (nSPS) is 12.0. The van der Waals surface area contributed by atoms with Gasteiger partial charge in [-0.2, -0.15) is 0 Å². The summed E-state index contributed by atoms with van der Waals surface area (Å²) in [7, 11) is 0. The van der Waals surface area contributed by atoms with Crippen molar-refractivity contribution in [1.29, 1.82) is 0 Å². The fourth-order valence-corrected chi connectivity index (χ4v) is 1.19. The maximum absolute atomic E-state index is 8.77. The Hall–Kier alpha value is -0.200. The summed E-state index contributed by atoms with van der Waals surface area (Å²) in [5, 5.41) is 20.6. The van der Waals surface area contributed by atoms with Crippen molar-refractivity contribution in [2.45, 2.75) is 18.4 Å². The SMILES string of the molecule is NCCNCC(N)(CCO)CCO. The number of aliphatic hydroxyl groups excluding tert-OH is 2. The molecule has 0 aromatic heterocycles. The second kappa shape index (κ2) is 7.23. The van der Waals surface area contributed by atoms with Crippen molar-refractivity contribution in [3.8, 4) is 0 Å². The van der Waals surface area contributed by atoms with E-state index in [-0.39, 0.29) is 13.2 Å². The van der Waals surface area contributed by atoms with Gasteiger partial charge in [-0.3, -0.25) is 0 Å². The van der Waals surface area contributed by atoms with Crippen LogP contribution in [-0.2, 0) is 0 Å². The summed E-state index contributed by atoms with van der Waals surface area (Å²) >= 11 is 0. The molecule has 0 saturated heterocycles. The van der Waals surface area contributed by atoms with Gasteiger partial charge in [0, 0.05) is 38.4 Å². The van der Waals surface area contributed by atoms with Gasteiger partial charge in [-0.25, -0.2) is 0 Å². The zero-order valence-electron chi connectivity index (χ0n) is 8.00. The molecule has 0 rings (SSSR count). The predicted octanol–water partition coefficient (Wildman–Crippen LogP) is -2.00. The van der Waals surface area contributed by atoms with Gasteiger partial charge in [0.15, 0.2) is 0 Å². The van der Waals surface area contributed by atoms with Crippen LogP contribution in [0.15, 0.2) is 0 Å². The first-order valence-corrected chi connectivity index (χ1v) is 4.60. The van der Waals surface area contributed by atoms with E-state index in [4.69, 9.17) is 21.7 Å². The average molecular weight is 191 g/mol. The van der Waals surface area contributed by atoms with Crippen LogP contribution in [0.3, 0.4) is 0 Å². The number of aliphatic hydroxyl groups is 2. The molecule has 0 spiro atoms. The second-order valence-corrected chi connectivity index (χ2v) is 3.28. The zero-order valence-corrected chi connectivity index (χ0v) is 8.00. The number of hydrogen-bond donors (Lipinski definition) is 5. The molecule has 0 bridgehead atoms. The molecule has 0 aromatic rings. The van der Waals surface area contributed by atoms with Crippen molar-refractivity contribution in [2.24, 2.45) is 11.5 Å². The fraction of sp³-hybridized carbons (Fsp3) is 1.00. The molecular formula is C8H21N3O2. The van der Waals surface area contributed by atoms with E-state index in [0.717, 1.165) is 0 Å². The third-order valence-electron chi connectivity index (χ3n) is 2.02. The van der Waals surface area contributed by atoms with Gasteiger partial charge in [0.25, 0.3) is 0 Å². The highest BCUT2D eigenvalue weighted by atomic mass is 16.3. The molecule has 0 unspecified atom stereocenters. The second-order valence-electron chi connectivity index (χ2n) is 3.28. The minimum atomic E-state index is -0.515. The quantitative estimate of drug-likeness (QED) is 0.285.